The third-order valence-electron chi connectivity index (χ3n) is 2.86. The molecule has 0 aliphatic rings. The summed E-state index contributed by atoms with van der Waals surface area (Å²) >= 11 is 3.41. The van der Waals surface area contributed by atoms with Gasteiger partial charge in [0.15, 0.2) is 0 Å². The Bertz CT molecular complexity index is 465. The van der Waals surface area contributed by atoms with E-state index in [1.165, 1.54) is 0 Å². The largest absolute Gasteiger partial charge is 0.352 e. The Morgan fingerprint density at radius 2 is 2.10 bits per heavy atom. The lowest BCUT2D eigenvalue weighted by molar-refractivity contribution is -0.121. The standard InChI is InChI=1S/C14H20BrN3O2/c1-10(11-5-4-6-12(15)9-11)18-13(19)7-2-3-8-17-14(16)20/h4-6,9-10H,2-3,7-8H2,1H3,(H,18,19)(H3,16,17,20). The Kier molecular flexibility index (Phi) is 7.08. The highest BCUT2D eigenvalue weighted by atomic mass is 79.9. The highest BCUT2D eigenvalue weighted by Crippen LogP contribution is 2.17. The predicted octanol–water partition coefficient (Wildman–Crippen LogP) is 2.46. The van der Waals surface area contributed by atoms with Crippen molar-refractivity contribution in [1.82, 2.24) is 10.6 Å². The Hall–Kier alpha value is -1.56. The minimum Gasteiger partial charge on any atom is -0.352 e. The van der Waals surface area contributed by atoms with Gasteiger partial charge in [0.1, 0.15) is 0 Å². The van der Waals surface area contributed by atoms with Crippen molar-refractivity contribution in [3.63, 3.8) is 0 Å². The van der Waals surface area contributed by atoms with Crippen LogP contribution in [0.1, 0.15) is 37.8 Å². The smallest absolute Gasteiger partial charge is 0.312 e. The van der Waals surface area contributed by atoms with Gasteiger partial charge in [0.25, 0.3) is 0 Å². The number of primary amides is 1. The first-order chi connectivity index (χ1) is 9.49. The van der Waals surface area contributed by atoms with Gasteiger partial charge in [-0.2, -0.15) is 0 Å². The Morgan fingerprint density at radius 1 is 1.35 bits per heavy atom. The van der Waals surface area contributed by atoms with E-state index in [2.05, 4.69) is 26.6 Å². The van der Waals surface area contributed by atoms with Crippen molar-refractivity contribution in [3.05, 3.63) is 34.3 Å². The van der Waals surface area contributed by atoms with Crippen LogP contribution in [0.3, 0.4) is 0 Å². The Balaban J connectivity index is 2.26. The number of unbranched alkanes of at least 4 members (excludes halogenated alkanes) is 1. The van der Waals surface area contributed by atoms with E-state index in [-0.39, 0.29) is 11.9 Å². The van der Waals surface area contributed by atoms with E-state index in [1.54, 1.807) is 0 Å². The number of benzene rings is 1. The molecule has 4 N–H and O–H groups in total. The van der Waals surface area contributed by atoms with Crippen molar-refractivity contribution in [2.45, 2.75) is 32.2 Å². The lowest BCUT2D eigenvalue weighted by Crippen LogP contribution is -2.30. The summed E-state index contributed by atoms with van der Waals surface area (Å²) < 4.78 is 0.994. The van der Waals surface area contributed by atoms with Crippen molar-refractivity contribution in [2.24, 2.45) is 5.73 Å². The van der Waals surface area contributed by atoms with E-state index in [1.807, 2.05) is 31.2 Å². The first-order valence-electron chi connectivity index (χ1n) is 6.57. The van der Waals surface area contributed by atoms with E-state index in [0.29, 0.717) is 13.0 Å². The Morgan fingerprint density at radius 3 is 2.75 bits per heavy atom. The minimum atomic E-state index is -0.530. The van der Waals surface area contributed by atoms with Gasteiger partial charge < -0.3 is 16.4 Å². The van der Waals surface area contributed by atoms with Crippen molar-refractivity contribution >= 4 is 27.9 Å². The molecule has 0 spiro atoms. The maximum Gasteiger partial charge on any atom is 0.312 e. The average Bonchev–Trinajstić information content (AvgIpc) is 2.37. The summed E-state index contributed by atoms with van der Waals surface area (Å²) in [6.45, 7) is 2.46. The molecule has 1 unspecified atom stereocenters. The molecule has 1 aromatic rings. The summed E-state index contributed by atoms with van der Waals surface area (Å²) in [5.74, 6) is 0.0107. The van der Waals surface area contributed by atoms with Gasteiger partial charge in [0, 0.05) is 17.4 Å². The second kappa shape index (κ2) is 8.58. The quantitative estimate of drug-likeness (QED) is 0.665. The van der Waals surface area contributed by atoms with Crippen LogP contribution in [0, 0.1) is 0 Å². The Labute approximate surface area is 127 Å². The zero-order valence-corrected chi connectivity index (χ0v) is 13.1. The van der Waals surface area contributed by atoms with Crippen LogP contribution in [0.15, 0.2) is 28.7 Å². The van der Waals surface area contributed by atoms with Gasteiger partial charge in [-0.05, 0) is 37.5 Å². The fraction of sp³-hybridized carbons (Fsp3) is 0.429. The van der Waals surface area contributed by atoms with Crippen molar-refractivity contribution in [3.8, 4) is 0 Å². The van der Waals surface area contributed by atoms with Gasteiger partial charge in [0.05, 0.1) is 6.04 Å². The van der Waals surface area contributed by atoms with E-state index in [0.717, 1.165) is 22.9 Å². The third-order valence-corrected chi connectivity index (χ3v) is 3.35. The highest BCUT2D eigenvalue weighted by Gasteiger charge is 2.09. The maximum atomic E-state index is 11.8. The van der Waals surface area contributed by atoms with Crippen LogP contribution in [0.25, 0.3) is 0 Å². The van der Waals surface area contributed by atoms with E-state index in [4.69, 9.17) is 5.73 Å². The molecule has 0 saturated heterocycles. The molecular formula is C14H20BrN3O2. The summed E-state index contributed by atoms with van der Waals surface area (Å²) in [4.78, 5) is 22.2. The van der Waals surface area contributed by atoms with Gasteiger partial charge in [0.2, 0.25) is 5.91 Å². The number of carbonyl (C=O) groups is 2. The van der Waals surface area contributed by atoms with Crippen LogP contribution >= 0.6 is 15.9 Å². The van der Waals surface area contributed by atoms with Crippen molar-refractivity contribution in [2.75, 3.05) is 6.54 Å². The number of nitrogens with one attached hydrogen (secondary N) is 2. The number of nitrogens with two attached hydrogens (primary N) is 1. The molecule has 110 valence electrons. The van der Waals surface area contributed by atoms with Crippen LogP contribution in [0.2, 0.25) is 0 Å². The second-order valence-electron chi connectivity index (χ2n) is 4.59. The molecule has 0 radical (unpaired) electrons. The van der Waals surface area contributed by atoms with Gasteiger partial charge in [-0.25, -0.2) is 4.79 Å². The zero-order valence-electron chi connectivity index (χ0n) is 11.5. The SMILES string of the molecule is CC(NC(=O)CCCCNC(N)=O)c1cccc(Br)c1. The van der Waals surface area contributed by atoms with Crippen LogP contribution in [-0.2, 0) is 4.79 Å². The molecule has 6 heteroatoms. The normalized spacial score (nSPS) is 11.7. The van der Waals surface area contributed by atoms with Gasteiger partial charge in [-0.3, -0.25) is 4.79 Å². The molecule has 0 heterocycles. The van der Waals surface area contributed by atoms with Crippen LogP contribution in [-0.4, -0.2) is 18.5 Å². The fourth-order valence-electron chi connectivity index (χ4n) is 1.80. The van der Waals surface area contributed by atoms with Gasteiger partial charge in [-0.15, -0.1) is 0 Å². The molecule has 1 rings (SSSR count). The number of halogens is 1. The number of hydrogen-bond donors (Lipinski definition) is 3. The molecule has 0 fully saturated rings. The van der Waals surface area contributed by atoms with Gasteiger partial charge in [-0.1, -0.05) is 28.1 Å². The van der Waals surface area contributed by atoms with Crippen molar-refractivity contribution in [1.29, 1.82) is 0 Å². The number of rotatable bonds is 7. The first kappa shape index (κ1) is 16.5. The molecule has 1 atom stereocenters. The molecule has 0 saturated carbocycles. The average molecular weight is 342 g/mol. The van der Waals surface area contributed by atoms with Crippen LogP contribution < -0.4 is 16.4 Å². The molecule has 0 aromatic heterocycles. The molecular weight excluding hydrogens is 322 g/mol. The van der Waals surface area contributed by atoms with E-state index in [9.17, 15) is 9.59 Å². The van der Waals surface area contributed by atoms with Gasteiger partial charge >= 0.3 is 6.03 Å². The number of hydrogen-bond acceptors (Lipinski definition) is 2. The van der Waals surface area contributed by atoms with Crippen LogP contribution in [0.5, 0.6) is 0 Å². The summed E-state index contributed by atoms with van der Waals surface area (Å²) in [7, 11) is 0. The summed E-state index contributed by atoms with van der Waals surface area (Å²) in [6.07, 6.45) is 1.90. The molecule has 20 heavy (non-hydrogen) atoms. The minimum absolute atomic E-state index is 0.0107. The molecule has 3 amide bonds. The molecule has 1 aromatic carbocycles. The maximum absolute atomic E-state index is 11.8. The summed E-state index contributed by atoms with van der Waals surface area (Å²) in [5, 5.41) is 5.45. The molecule has 0 bridgehead atoms. The first-order valence-corrected chi connectivity index (χ1v) is 7.36. The zero-order chi connectivity index (χ0) is 15.0. The topological polar surface area (TPSA) is 84.2 Å². The number of carbonyl (C=O) groups excluding carboxylic acids is 2. The molecule has 0 aliphatic heterocycles. The molecule has 0 aliphatic carbocycles. The summed E-state index contributed by atoms with van der Waals surface area (Å²) in [5.41, 5.74) is 6.00. The van der Waals surface area contributed by atoms with Crippen molar-refractivity contribution < 1.29 is 9.59 Å². The fourth-order valence-corrected chi connectivity index (χ4v) is 2.21. The van der Waals surface area contributed by atoms with E-state index >= 15 is 0 Å². The lowest BCUT2D eigenvalue weighted by atomic mass is 10.1. The van der Waals surface area contributed by atoms with E-state index < -0.39 is 6.03 Å². The monoisotopic (exact) mass is 341 g/mol. The predicted molar refractivity (Wildman–Crippen MR) is 82.1 cm³/mol. The third kappa shape index (κ3) is 6.56. The second-order valence-corrected chi connectivity index (χ2v) is 5.51. The lowest BCUT2D eigenvalue weighted by Gasteiger charge is -2.14. The van der Waals surface area contributed by atoms with Crippen LogP contribution in [0.4, 0.5) is 4.79 Å². The number of urea groups is 1. The highest BCUT2D eigenvalue weighted by molar-refractivity contribution is 9.10. The number of amides is 3. The summed E-state index contributed by atoms with van der Waals surface area (Å²) in [6, 6.07) is 7.30. The molecule has 5 nitrogen and oxygen atoms in total.